The largest absolute Gasteiger partial charge is 0.358 e. The molecule has 0 saturated carbocycles. The van der Waals surface area contributed by atoms with Crippen molar-refractivity contribution in [3.05, 3.63) is 76.0 Å². The maximum atomic E-state index is 4.27. The third-order valence-corrected chi connectivity index (χ3v) is 1.96. The normalized spacial score (nSPS) is 8.00. The predicted molar refractivity (Wildman–Crippen MR) is 67.0 cm³/mol. The molecule has 0 unspecified atom stereocenters. The van der Waals surface area contributed by atoms with Crippen molar-refractivity contribution in [1.29, 1.82) is 0 Å². The monoisotopic (exact) mass is 304 g/mol. The number of rotatable bonds is 1. The van der Waals surface area contributed by atoms with Crippen molar-refractivity contribution in [3.8, 4) is 11.3 Å². The van der Waals surface area contributed by atoms with Crippen molar-refractivity contribution in [2.24, 2.45) is 0 Å². The molecule has 0 spiro atoms. The fourth-order valence-corrected chi connectivity index (χ4v) is 1.29. The second-order valence-electron chi connectivity index (χ2n) is 2.87. The van der Waals surface area contributed by atoms with Gasteiger partial charge in [-0.3, -0.25) is 4.98 Å². The van der Waals surface area contributed by atoms with E-state index in [1.165, 1.54) is 0 Å². The zero-order valence-electron chi connectivity index (χ0n) is 9.59. The van der Waals surface area contributed by atoms with Crippen molar-refractivity contribution in [2.45, 2.75) is 0 Å². The van der Waals surface area contributed by atoms with Gasteiger partial charge in [-0.1, -0.05) is 12.1 Å². The summed E-state index contributed by atoms with van der Waals surface area (Å²) in [5.74, 6) is 0. The van der Waals surface area contributed by atoms with Crippen LogP contribution in [0.1, 0.15) is 5.56 Å². The molecule has 0 fully saturated rings. The molecule has 0 radical (unpaired) electrons. The van der Waals surface area contributed by atoms with Crippen LogP contribution in [0.15, 0.2) is 48.7 Å². The van der Waals surface area contributed by atoms with Gasteiger partial charge in [0.15, 0.2) is 0 Å². The summed E-state index contributed by atoms with van der Waals surface area (Å²) >= 11 is 0. The first-order valence-corrected chi connectivity index (χ1v) is 4.20. The first kappa shape index (κ1) is 17.3. The van der Waals surface area contributed by atoms with E-state index >= 15 is 0 Å². The van der Waals surface area contributed by atoms with E-state index in [4.69, 9.17) is 0 Å². The minimum atomic E-state index is 0. The molecule has 1 nitrogen and oxygen atoms in total. The number of nitrogens with zero attached hydrogens (tertiary/aromatic N) is 1. The zero-order chi connectivity index (χ0) is 9.10. The molecular formula is C14H16NPd-3. The van der Waals surface area contributed by atoms with Gasteiger partial charge in [0.1, 0.15) is 0 Å². The summed E-state index contributed by atoms with van der Waals surface area (Å²) in [4.78, 5) is 4.27. The average Bonchev–Trinajstić information content (AvgIpc) is 2.20. The number of pyridine rings is 1. The number of hydrogen-bond donors (Lipinski definition) is 0. The van der Waals surface area contributed by atoms with Gasteiger partial charge in [0.2, 0.25) is 0 Å². The topological polar surface area (TPSA) is 12.9 Å². The zero-order valence-corrected chi connectivity index (χ0v) is 11.1. The number of aromatic nitrogens is 1. The van der Waals surface area contributed by atoms with E-state index in [9.17, 15) is 0 Å². The number of hydrogen-bond acceptors (Lipinski definition) is 1. The third-order valence-electron chi connectivity index (χ3n) is 1.96. The van der Waals surface area contributed by atoms with Gasteiger partial charge in [-0.15, -0.1) is 17.7 Å². The van der Waals surface area contributed by atoms with Gasteiger partial charge in [-0.05, 0) is 12.1 Å². The summed E-state index contributed by atoms with van der Waals surface area (Å²) in [7, 11) is 0. The molecule has 0 aliphatic heterocycles. The van der Waals surface area contributed by atoms with E-state index in [0.29, 0.717) is 0 Å². The molecule has 1 aromatic carbocycles. The molecule has 2 aromatic rings. The molecule has 90 valence electrons. The Morgan fingerprint density at radius 1 is 0.875 bits per heavy atom. The standard InChI is InChI=1S/C12H10N.2CH3.Pd/c1-10-6-2-3-7-11(10)12-8-4-5-9-13-12;;;/h2-9H,1H2;2*1H3;/q3*-1;. The SMILES string of the molecule is [CH2-]c1ccccc1-c1ccccn1.[CH3-].[CH3-].[Pd]. The quantitative estimate of drug-likeness (QED) is 0.576. The molecule has 0 aliphatic rings. The van der Waals surface area contributed by atoms with Crippen LogP contribution in [0, 0.1) is 21.8 Å². The Hall–Kier alpha value is -1.10. The van der Waals surface area contributed by atoms with Gasteiger partial charge >= 0.3 is 0 Å². The molecule has 0 saturated heterocycles. The van der Waals surface area contributed by atoms with Crippen LogP contribution in [0.5, 0.6) is 0 Å². The van der Waals surface area contributed by atoms with Gasteiger partial charge in [0.05, 0.1) is 0 Å². The third kappa shape index (κ3) is 3.81. The van der Waals surface area contributed by atoms with Crippen molar-refractivity contribution in [2.75, 3.05) is 0 Å². The van der Waals surface area contributed by atoms with Gasteiger partial charge in [-0.25, -0.2) is 0 Å². The second-order valence-corrected chi connectivity index (χ2v) is 2.87. The van der Waals surface area contributed by atoms with Crippen molar-refractivity contribution < 1.29 is 20.4 Å². The summed E-state index contributed by atoms with van der Waals surface area (Å²) in [5, 5.41) is 0. The maximum Gasteiger partial charge on any atom is 0.0262 e. The van der Waals surface area contributed by atoms with E-state index in [1.54, 1.807) is 6.20 Å². The van der Waals surface area contributed by atoms with Crippen LogP contribution in [-0.2, 0) is 20.4 Å². The van der Waals surface area contributed by atoms with Crippen molar-refractivity contribution >= 4 is 0 Å². The Balaban J connectivity index is 0. The Bertz CT molecular complexity index is 398. The summed E-state index contributed by atoms with van der Waals surface area (Å²) in [6, 6.07) is 13.9. The molecule has 0 aliphatic carbocycles. The fraction of sp³-hybridized carbons (Fsp3) is 0. The van der Waals surface area contributed by atoms with Gasteiger partial charge < -0.3 is 14.9 Å². The molecule has 1 heterocycles. The summed E-state index contributed by atoms with van der Waals surface area (Å²) in [5.41, 5.74) is 3.09. The molecule has 16 heavy (non-hydrogen) atoms. The van der Waals surface area contributed by atoms with E-state index in [-0.39, 0.29) is 35.3 Å². The minimum Gasteiger partial charge on any atom is -0.358 e. The van der Waals surface area contributed by atoms with E-state index in [2.05, 4.69) is 11.9 Å². The molecule has 1 aromatic heterocycles. The Labute approximate surface area is 113 Å². The maximum absolute atomic E-state index is 4.27. The van der Waals surface area contributed by atoms with Crippen LogP contribution < -0.4 is 0 Å². The Morgan fingerprint density at radius 2 is 1.50 bits per heavy atom. The van der Waals surface area contributed by atoms with E-state index < -0.39 is 0 Å². The molecule has 2 heteroatoms. The van der Waals surface area contributed by atoms with Crippen molar-refractivity contribution in [1.82, 2.24) is 4.98 Å². The first-order chi connectivity index (χ1) is 6.38. The molecule has 0 atom stereocenters. The predicted octanol–water partition coefficient (Wildman–Crippen LogP) is 3.83. The van der Waals surface area contributed by atoms with Crippen LogP contribution in [0.4, 0.5) is 0 Å². The van der Waals surface area contributed by atoms with Crippen molar-refractivity contribution in [3.63, 3.8) is 0 Å². The molecule has 0 bridgehead atoms. The second kappa shape index (κ2) is 8.10. The van der Waals surface area contributed by atoms with E-state index in [0.717, 1.165) is 16.8 Å². The van der Waals surface area contributed by atoms with Crippen LogP contribution in [0.25, 0.3) is 11.3 Å². The smallest absolute Gasteiger partial charge is 0.0262 e. The summed E-state index contributed by atoms with van der Waals surface area (Å²) < 4.78 is 0. The molecular weight excluding hydrogens is 289 g/mol. The molecule has 0 N–H and O–H groups in total. The first-order valence-electron chi connectivity index (χ1n) is 4.20. The molecule has 0 amide bonds. The average molecular weight is 305 g/mol. The summed E-state index contributed by atoms with van der Waals surface area (Å²) in [6.07, 6.45) is 1.79. The molecule has 2 rings (SSSR count). The Morgan fingerprint density at radius 3 is 2.06 bits per heavy atom. The minimum absolute atomic E-state index is 0. The Kier molecular flexibility index (Phi) is 8.76. The van der Waals surface area contributed by atoms with Gasteiger partial charge in [-0.2, -0.15) is 18.6 Å². The van der Waals surface area contributed by atoms with Gasteiger partial charge in [0, 0.05) is 32.3 Å². The van der Waals surface area contributed by atoms with Gasteiger partial charge in [0.25, 0.3) is 0 Å². The van der Waals surface area contributed by atoms with Crippen LogP contribution in [-0.4, -0.2) is 4.98 Å². The van der Waals surface area contributed by atoms with Crippen LogP contribution in [0.2, 0.25) is 0 Å². The number of benzene rings is 1. The van der Waals surface area contributed by atoms with Crippen LogP contribution in [0.3, 0.4) is 0 Å². The summed E-state index contributed by atoms with van der Waals surface area (Å²) in [6.45, 7) is 3.96. The van der Waals surface area contributed by atoms with E-state index in [1.807, 2.05) is 42.5 Å². The fourth-order valence-electron chi connectivity index (χ4n) is 1.29. The van der Waals surface area contributed by atoms with Crippen LogP contribution >= 0.6 is 0 Å².